The number of aromatic hydroxyl groups is 1. The van der Waals surface area contributed by atoms with Gasteiger partial charge < -0.3 is 20.2 Å². The fraction of sp³-hybridized carbons (Fsp3) is 0.625. The molecule has 1 aromatic rings. The van der Waals surface area contributed by atoms with E-state index >= 15 is 0 Å². The molecule has 3 unspecified atom stereocenters. The molecule has 20 heavy (non-hydrogen) atoms. The summed E-state index contributed by atoms with van der Waals surface area (Å²) in [4.78, 5) is 2.05. The Hall–Kier alpha value is -1.10. The Labute approximate surface area is 120 Å². The van der Waals surface area contributed by atoms with Gasteiger partial charge in [-0.25, -0.2) is 0 Å². The second kappa shape index (κ2) is 6.12. The van der Waals surface area contributed by atoms with Crippen molar-refractivity contribution < 1.29 is 15.3 Å². The van der Waals surface area contributed by atoms with Crippen LogP contribution in [0.15, 0.2) is 24.3 Å². The summed E-state index contributed by atoms with van der Waals surface area (Å²) in [6, 6.07) is 7.03. The summed E-state index contributed by atoms with van der Waals surface area (Å²) in [5, 5.41) is 30.4. The minimum absolute atomic E-state index is 0.0620. The lowest BCUT2D eigenvalue weighted by atomic mass is 9.71. The van der Waals surface area contributed by atoms with Gasteiger partial charge in [0.1, 0.15) is 5.75 Å². The van der Waals surface area contributed by atoms with Crippen molar-refractivity contribution in [3.05, 3.63) is 29.8 Å². The summed E-state index contributed by atoms with van der Waals surface area (Å²) < 4.78 is 0. The van der Waals surface area contributed by atoms with Gasteiger partial charge in [0.2, 0.25) is 0 Å². The molecule has 4 nitrogen and oxygen atoms in total. The summed E-state index contributed by atoms with van der Waals surface area (Å²) in [6.07, 6.45) is 2.33. The van der Waals surface area contributed by atoms with E-state index in [0.717, 1.165) is 18.4 Å². The van der Waals surface area contributed by atoms with E-state index in [4.69, 9.17) is 0 Å². The standard InChI is InChI=1S/C16H25NO3/c1-17(2)11-15(12-5-7-13(18)8-6-12)16(20)9-3-4-14(19)10-16/h5-8,14-15,18-20H,3-4,9-11H2,1-2H3. The van der Waals surface area contributed by atoms with Crippen LogP contribution in [0.4, 0.5) is 0 Å². The molecule has 1 fully saturated rings. The molecule has 4 heteroatoms. The van der Waals surface area contributed by atoms with E-state index in [0.29, 0.717) is 19.4 Å². The third kappa shape index (κ3) is 3.51. The predicted octanol–water partition coefficient (Wildman–Crippen LogP) is 1.70. The molecule has 1 aliphatic rings. The van der Waals surface area contributed by atoms with Crippen molar-refractivity contribution >= 4 is 0 Å². The molecule has 0 heterocycles. The maximum Gasteiger partial charge on any atom is 0.115 e. The Morgan fingerprint density at radius 1 is 1.30 bits per heavy atom. The van der Waals surface area contributed by atoms with Gasteiger partial charge in [0, 0.05) is 18.9 Å². The molecule has 0 bridgehead atoms. The molecule has 0 aromatic heterocycles. The molecule has 1 aromatic carbocycles. The lowest BCUT2D eigenvalue weighted by molar-refractivity contribution is -0.0678. The molecule has 0 saturated heterocycles. The first-order valence-corrected chi connectivity index (χ1v) is 7.25. The van der Waals surface area contributed by atoms with Gasteiger partial charge in [-0.1, -0.05) is 12.1 Å². The zero-order chi connectivity index (χ0) is 14.8. The third-order valence-corrected chi connectivity index (χ3v) is 4.23. The quantitative estimate of drug-likeness (QED) is 0.785. The number of hydrogen-bond donors (Lipinski definition) is 3. The Kier molecular flexibility index (Phi) is 4.68. The van der Waals surface area contributed by atoms with E-state index in [-0.39, 0.29) is 11.7 Å². The molecule has 1 aliphatic carbocycles. The van der Waals surface area contributed by atoms with Crippen molar-refractivity contribution in [2.45, 2.75) is 43.3 Å². The molecule has 3 N–H and O–H groups in total. The third-order valence-electron chi connectivity index (χ3n) is 4.23. The van der Waals surface area contributed by atoms with Crippen LogP contribution in [0.2, 0.25) is 0 Å². The highest BCUT2D eigenvalue weighted by Gasteiger charge is 2.41. The first-order valence-electron chi connectivity index (χ1n) is 7.25. The summed E-state index contributed by atoms with van der Waals surface area (Å²) in [7, 11) is 3.96. The Morgan fingerprint density at radius 3 is 2.50 bits per heavy atom. The van der Waals surface area contributed by atoms with Crippen molar-refractivity contribution in [2.24, 2.45) is 0 Å². The van der Waals surface area contributed by atoms with Crippen LogP contribution < -0.4 is 0 Å². The summed E-state index contributed by atoms with van der Waals surface area (Å²) in [5.74, 6) is 0.168. The van der Waals surface area contributed by atoms with Crippen LogP contribution in [0.5, 0.6) is 5.75 Å². The highest BCUT2D eigenvalue weighted by Crippen LogP contribution is 2.40. The average molecular weight is 279 g/mol. The van der Waals surface area contributed by atoms with Gasteiger partial charge >= 0.3 is 0 Å². The minimum atomic E-state index is -0.876. The van der Waals surface area contributed by atoms with Crippen molar-refractivity contribution in [2.75, 3.05) is 20.6 Å². The van der Waals surface area contributed by atoms with Crippen LogP contribution in [0.25, 0.3) is 0 Å². The topological polar surface area (TPSA) is 63.9 Å². The molecule has 0 amide bonds. The summed E-state index contributed by atoms with van der Waals surface area (Å²) >= 11 is 0. The zero-order valence-electron chi connectivity index (χ0n) is 12.3. The lowest BCUT2D eigenvalue weighted by Crippen LogP contribution is -2.46. The fourth-order valence-electron chi connectivity index (χ4n) is 3.23. The highest BCUT2D eigenvalue weighted by atomic mass is 16.3. The summed E-state index contributed by atoms with van der Waals surface area (Å²) in [5.41, 5.74) is 0.131. The van der Waals surface area contributed by atoms with Gasteiger partial charge in [0.15, 0.2) is 0 Å². The zero-order valence-corrected chi connectivity index (χ0v) is 12.3. The second-order valence-corrected chi connectivity index (χ2v) is 6.26. The van der Waals surface area contributed by atoms with Crippen LogP contribution in [0.1, 0.15) is 37.2 Å². The van der Waals surface area contributed by atoms with Crippen molar-refractivity contribution in [1.29, 1.82) is 0 Å². The van der Waals surface area contributed by atoms with Gasteiger partial charge in [0.25, 0.3) is 0 Å². The fourth-order valence-corrected chi connectivity index (χ4v) is 3.23. The first kappa shape index (κ1) is 15.3. The maximum absolute atomic E-state index is 11.0. The van der Waals surface area contributed by atoms with Gasteiger partial charge in [-0.05, 0) is 51.1 Å². The normalized spacial score (nSPS) is 28.6. The maximum atomic E-state index is 11.0. The van der Waals surface area contributed by atoms with Gasteiger partial charge in [0.05, 0.1) is 11.7 Å². The average Bonchev–Trinajstić information content (AvgIpc) is 2.36. The van der Waals surface area contributed by atoms with Crippen molar-refractivity contribution in [3.63, 3.8) is 0 Å². The number of phenolic OH excluding ortho intramolecular Hbond substituents is 1. The molecule has 0 aliphatic heterocycles. The molecule has 112 valence electrons. The highest BCUT2D eigenvalue weighted by molar-refractivity contribution is 5.30. The van der Waals surface area contributed by atoms with Crippen LogP contribution in [-0.2, 0) is 0 Å². The van der Waals surface area contributed by atoms with Crippen LogP contribution in [0.3, 0.4) is 0 Å². The SMILES string of the molecule is CN(C)CC(c1ccc(O)cc1)C1(O)CCCC(O)C1. The Balaban J connectivity index is 2.28. The number of benzene rings is 1. The van der Waals surface area contributed by atoms with E-state index < -0.39 is 11.7 Å². The number of rotatable bonds is 4. The first-order chi connectivity index (χ1) is 9.40. The van der Waals surface area contributed by atoms with Gasteiger partial charge in [-0.2, -0.15) is 0 Å². The number of nitrogens with zero attached hydrogens (tertiary/aromatic N) is 1. The number of phenols is 1. The molecule has 1 saturated carbocycles. The second-order valence-electron chi connectivity index (χ2n) is 6.26. The molecular weight excluding hydrogens is 254 g/mol. The van der Waals surface area contributed by atoms with Gasteiger partial charge in [-0.3, -0.25) is 0 Å². The van der Waals surface area contributed by atoms with Gasteiger partial charge in [-0.15, -0.1) is 0 Å². The number of aliphatic hydroxyl groups is 2. The smallest absolute Gasteiger partial charge is 0.115 e. The Bertz CT molecular complexity index is 432. The number of hydrogen-bond acceptors (Lipinski definition) is 4. The Morgan fingerprint density at radius 2 is 1.95 bits per heavy atom. The number of aliphatic hydroxyl groups excluding tert-OH is 1. The van der Waals surface area contributed by atoms with Crippen molar-refractivity contribution in [3.8, 4) is 5.75 Å². The monoisotopic (exact) mass is 279 g/mol. The minimum Gasteiger partial charge on any atom is -0.508 e. The van der Waals surface area contributed by atoms with Crippen LogP contribution >= 0.6 is 0 Å². The van der Waals surface area contributed by atoms with E-state index in [1.54, 1.807) is 12.1 Å². The van der Waals surface area contributed by atoms with Crippen molar-refractivity contribution in [1.82, 2.24) is 4.90 Å². The van der Waals surface area contributed by atoms with Crippen LogP contribution in [0, 0.1) is 0 Å². The predicted molar refractivity (Wildman–Crippen MR) is 78.8 cm³/mol. The molecular formula is C16H25NO3. The van der Waals surface area contributed by atoms with E-state index in [9.17, 15) is 15.3 Å². The van der Waals surface area contributed by atoms with E-state index in [1.165, 1.54) is 0 Å². The molecule has 0 spiro atoms. The summed E-state index contributed by atoms with van der Waals surface area (Å²) in [6.45, 7) is 0.716. The lowest BCUT2D eigenvalue weighted by Gasteiger charge is -2.42. The molecule has 2 rings (SSSR count). The van der Waals surface area contributed by atoms with Crippen LogP contribution in [-0.4, -0.2) is 52.6 Å². The molecule has 0 radical (unpaired) electrons. The largest absolute Gasteiger partial charge is 0.508 e. The van der Waals surface area contributed by atoms with E-state index in [2.05, 4.69) is 4.90 Å². The molecule has 3 atom stereocenters. The van der Waals surface area contributed by atoms with E-state index in [1.807, 2.05) is 26.2 Å². The number of likely N-dealkylation sites (N-methyl/N-ethyl adjacent to an activating group) is 1.